The van der Waals surface area contributed by atoms with Crippen molar-refractivity contribution in [2.24, 2.45) is 0 Å². The minimum absolute atomic E-state index is 0.0642. The van der Waals surface area contributed by atoms with Crippen molar-refractivity contribution in [2.75, 3.05) is 31.1 Å². The zero-order chi connectivity index (χ0) is 22.2. The topological polar surface area (TPSA) is 94.2 Å². The highest BCUT2D eigenvalue weighted by atomic mass is 19.1. The molecule has 0 spiro atoms. The molecule has 0 atom stereocenters. The normalized spacial score (nSPS) is 17.0. The van der Waals surface area contributed by atoms with Gasteiger partial charge in [-0.15, -0.1) is 0 Å². The Hall–Kier alpha value is -3.33. The van der Waals surface area contributed by atoms with Crippen molar-refractivity contribution < 1.29 is 9.18 Å². The van der Waals surface area contributed by atoms with Gasteiger partial charge in [-0.3, -0.25) is 14.5 Å². The highest BCUT2D eigenvalue weighted by Crippen LogP contribution is 2.21. The second kappa shape index (κ2) is 8.31. The third-order valence-corrected chi connectivity index (χ3v) is 6.00. The second-order valence-electron chi connectivity index (χ2n) is 8.54. The van der Waals surface area contributed by atoms with Gasteiger partial charge in [0.2, 0.25) is 0 Å². The average molecular weight is 436 g/mol. The quantitative estimate of drug-likeness (QED) is 0.635. The zero-order valence-corrected chi connectivity index (χ0v) is 17.9. The number of aromatic nitrogens is 3. The van der Waals surface area contributed by atoms with E-state index in [-0.39, 0.29) is 22.7 Å². The average Bonchev–Trinajstić information content (AvgIpc) is 3.60. The number of carbonyl (C=O) groups excluding carboxylic acids is 1. The Kier molecular flexibility index (Phi) is 5.34. The molecule has 2 aliphatic rings. The van der Waals surface area contributed by atoms with Gasteiger partial charge in [0.05, 0.1) is 11.1 Å². The van der Waals surface area contributed by atoms with Crippen LogP contribution in [0.15, 0.2) is 35.3 Å². The van der Waals surface area contributed by atoms with E-state index in [1.165, 1.54) is 6.07 Å². The number of aryl methyl sites for hydroxylation is 1. The molecule has 3 heterocycles. The molecule has 0 unspecified atom stereocenters. The molecule has 2 aromatic heterocycles. The number of aromatic amines is 1. The van der Waals surface area contributed by atoms with Gasteiger partial charge in [0.25, 0.3) is 11.5 Å². The molecule has 3 aromatic rings. The first-order valence-electron chi connectivity index (χ1n) is 10.9. The largest absolute Gasteiger partial charge is 0.354 e. The Balaban J connectivity index is 1.21. The maximum Gasteiger partial charge on any atom is 0.269 e. The van der Waals surface area contributed by atoms with Crippen LogP contribution in [0.3, 0.4) is 0 Å². The van der Waals surface area contributed by atoms with E-state index >= 15 is 0 Å². The summed E-state index contributed by atoms with van der Waals surface area (Å²) in [4.78, 5) is 39.6. The van der Waals surface area contributed by atoms with Crippen LogP contribution < -0.4 is 15.8 Å². The fraction of sp³-hybridized carbons (Fsp3) is 0.391. The number of rotatable bonds is 5. The lowest BCUT2D eigenvalue weighted by atomic mass is 10.1. The molecular formula is C23H25FN6O2. The van der Waals surface area contributed by atoms with E-state index in [0.29, 0.717) is 23.7 Å². The number of carbonyl (C=O) groups is 1. The number of hydrogen-bond acceptors (Lipinski definition) is 6. The lowest BCUT2D eigenvalue weighted by Crippen LogP contribution is -2.46. The summed E-state index contributed by atoms with van der Waals surface area (Å²) in [6, 6.07) is 7.33. The highest BCUT2D eigenvalue weighted by molar-refractivity contribution is 5.94. The number of nitrogens with zero attached hydrogens (tertiary/aromatic N) is 4. The minimum Gasteiger partial charge on any atom is -0.354 e. The van der Waals surface area contributed by atoms with Crippen LogP contribution in [-0.2, 0) is 6.54 Å². The van der Waals surface area contributed by atoms with E-state index < -0.39 is 5.82 Å². The zero-order valence-electron chi connectivity index (χ0n) is 17.9. The molecule has 8 nitrogen and oxygen atoms in total. The molecule has 5 rings (SSSR count). The van der Waals surface area contributed by atoms with Crippen LogP contribution >= 0.6 is 0 Å². The Bertz CT molecular complexity index is 1210. The number of piperazine rings is 1. The van der Waals surface area contributed by atoms with Crippen LogP contribution in [-0.4, -0.2) is 58.0 Å². The molecule has 1 saturated carbocycles. The van der Waals surface area contributed by atoms with Crippen molar-refractivity contribution in [3.8, 4) is 0 Å². The van der Waals surface area contributed by atoms with Crippen LogP contribution in [0.2, 0.25) is 0 Å². The molecule has 2 N–H and O–H groups in total. The maximum atomic E-state index is 14.5. The van der Waals surface area contributed by atoms with Crippen molar-refractivity contribution in [2.45, 2.75) is 32.4 Å². The van der Waals surface area contributed by atoms with E-state index in [0.717, 1.165) is 50.4 Å². The third kappa shape index (κ3) is 4.34. The Labute approximate surface area is 184 Å². The number of halogens is 1. The summed E-state index contributed by atoms with van der Waals surface area (Å²) < 4.78 is 14.5. The summed E-state index contributed by atoms with van der Waals surface area (Å²) in [5.74, 6) is 0.361. The van der Waals surface area contributed by atoms with Crippen LogP contribution in [0.5, 0.6) is 0 Å². The van der Waals surface area contributed by atoms with E-state index in [2.05, 4.69) is 30.1 Å². The standard InChI is InChI=1S/C23H25FN6O2/c1-14-22(31)28-19-11-15(10-18(24)21(19)26-14)13-29-6-8-30(9-7-29)20-5-2-16(12-25-20)23(32)27-17-3-4-17/h2,5,10-12,17H,3-4,6-9,13H2,1H3,(H,27,32)(H,28,31). The molecule has 0 bridgehead atoms. The van der Waals surface area contributed by atoms with E-state index in [9.17, 15) is 14.0 Å². The minimum atomic E-state index is -0.425. The summed E-state index contributed by atoms with van der Waals surface area (Å²) in [6.45, 7) is 5.32. The molecule has 1 saturated heterocycles. The summed E-state index contributed by atoms with van der Waals surface area (Å²) in [6.07, 6.45) is 3.75. The predicted molar refractivity (Wildman–Crippen MR) is 119 cm³/mol. The van der Waals surface area contributed by atoms with Gasteiger partial charge in [0.1, 0.15) is 17.0 Å². The van der Waals surface area contributed by atoms with Gasteiger partial charge in [0, 0.05) is 45.0 Å². The molecule has 1 aromatic carbocycles. The maximum absolute atomic E-state index is 14.5. The van der Waals surface area contributed by atoms with Crippen LogP contribution in [0.1, 0.15) is 34.5 Å². The molecule has 0 radical (unpaired) electrons. The van der Waals surface area contributed by atoms with Gasteiger partial charge in [-0.05, 0) is 49.6 Å². The SMILES string of the molecule is Cc1nc2c(F)cc(CN3CCN(c4ccc(C(=O)NC5CC5)cn4)CC3)cc2[nH]c1=O. The van der Waals surface area contributed by atoms with Gasteiger partial charge < -0.3 is 15.2 Å². The predicted octanol–water partition coefficient (Wildman–Crippen LogP) is 1.98. The summed E-state index contributed by atoms with van der Waals surface area (Å²) in [7, 11) is 0. The van der Waals surface area contributed by atoms with Gasteiger partial charge in [-0.2, -0.15) is 0 Å². The fourth-order valence-electron chi connectivity index (χ4n) is 3.98. The highest BCUT2D eigenvalue weighted by Gasteiger charge is 2.24. The van der Waals surface area contributed by atoms with Crippen LogP contribution in [0.25, 0.3) is 11.0 Å². The molecule has 2 fully saturated rings. The lowest BCUT2D eigenvalue weighted by molar-refractivity contribution is 0.0950. The van der Waals surface area contributed by atoms with Gasteiger partial charge in [0.15, 0.2) is 5.82 Å². The van der Waals surface area contributed by atoms with Crippen LogP contribution in [0.4, 0.5) is 10.2 Å². The van der Waals surface area contributed by atoms with Gasteiger partial charge in [-0.1, -0.05) is 0 Å². The monoisotopic (exact) mass is 436 g/mol. The molecular weight excluding hydrogens is 411 g/mol. The Morgan fingerprint density at radius 3 is 2.69 bits per heavy atom. The number of nitrogens with one attached hydrogen (secondary N) is 2. The van der Waals surface area contributed by atoms with Gasteiger partial charge in [-0.25, -0.2) is 14.4 Å². The summed E-state index contributed by atoms with van der Waals surface area (Å²) in [5.41, 5.74) is 1.95. The summed E-state index contributed by atoms with van der Waals surface area (Å²) in [5, 5.41) is 2.97. The lowest BCUT2D eigenvalue weighted by Gasteiger charge is -2.35. The van der Waals surface area contributed by atoms with Crippen molar-refractivity contribution in [3.05, 3.63) is 63.5 Å². The van der Waals surface area contributed by atoms with Crippen molar-refractivity contribution >= 4 is 22.8 Å². The first-order chi connectivity index (χ1) is 15.5. The Morgan fingerprint density at radius 2 is 2.00 bits per heavy atom. The number of H-pyrrole nitrogens is 1. The first kappa shape index (κ1) is 20.6. The molecule has 1 amide bonds. The van der Waals surface area contributed by atoms with Crippen LogP contribution in [0, 0.1) is 12.7 Å². The second-order valence-corrected chi connectivity index (χ2v) is 8.54. The number of hydrogen-bond donors (Lipinski definition) is 2. The van der Waals surface area contributed by atoms with Gasteiger partial charge >= 0.3 is 0 Å². The van der Waals surface area contributed by atoms with E-state index in [1.807, 2.05) is 12.1 Å². The smallest absolute Gasteiger partial charge is 0.269 e. The third-order valence-electron chi connectivity index (χ3n) is 6.00. The number of pyridine rings is 1. The van der Waals surface area contributed by atoms with Crippen molar-refractivity contribution in [1.82, 2.24) is 25.2 Å². The van der Waals surface area contributed by atoms with Crippen molar-refractivity contribution in [1.29, 1.82) is 0 Å². The van der Waals surface area contributed by atoms with Crippen molar-refractivity contribution in [3.63, 3.8) is 0 Å². The molecule has 1 aliphatic carbocycles. The molecule has 32 heavy (non-hydrogen) atoms. The number of benzene rings is 1. The van der Waals surface area contributed by atoms with E-state index in [1.54, 1.807) is 19.2 Å². The molecule has 1 aliphatic heterocycles. The number of amides is 1. The number of fused-ring (bicyclic) bond motifs is 1. The first-order valence-corrected chi connectivity index (χ1v) is 10.9. The fourth-order valence-corrected chi connectivity index (χ4v) is 3.98. The Morgan fingerprint density at radius 1 is 1.22 bits per heavy atom. The van der Waals surface area contributed by atoms with E-state index in [4.69, 9.17) is 0 Å². The number of anilines is 1. The molecule has 166 valence electrons. The summed E-state index contributed by atoms with van der Waals surface area (Å²) >= 11 is 0. The molecule has 9 heteroatoms.